The molecule has 4 rings (SSSR count). The van der Waals surface area contributed by atoms with Crippen LogP contribution in [0.2, 0.25) is 0 Å². The van der Waals surface area contributed by atoms with E-state index < -0.39 is 0 Å². The molecule has 1 amide bonds. The number of hydrogen-bond acceptors (Lipinski definition) is 8. The van der Waals surface area contributed by atoms with Crippen molar-refractivity contribution >= 4 is 22.9 Å². The van der Waals surface area contributed by atoms with Gasteiger partial charge in [-0.15, -0.1) is 10.2 Å². The molecule has 0 spiro atoms. The summed E-state index contributed by atoms with van der Waals surface area (Å²) in [6.45, 7) is 6.03. The zero-order valence-electron chi connectivity index (χ0n) is 19.6. The van der Waals surface area contributed by atoms with Gasteiger partial charge in [0.1, 0.15) is 15.8 Å². The maximum atomic E-state index is 12.4. The highest BCUT2D eigenvalue weighted by molar-refractivity contribution is 7.17. The number of aromatic nitrogens is 2. The van der Waals surface area contributed by atoms with Gasteiger partial charge in [-0.2, -0.15) is 0 Å². The van der Waals surface area contributed by atoms with E-state index >= 15 is 0 Å². The van der Waals surface area contributed by atoms with E-state index in [1.54, 1.807) is 0 Å². The molecular formula is C25H31N5O3S. The number of benzene rings is 2. The molecule has 0 unspecified atom stereocenters. The average molecular weight is 482 g/mol. The average Bonchev–Trinajstić information content (AvgIpc) is 3.21. The summed E-state index contributed by atoms with van der Waals surface area (Å²) >= 11 is 1.53. The smallest absolute Gasteiger partial charge is 0.236 e. The van der Waals surface area contributed by atoms with Crippen LogP contribution < -0.4 is 15.8 Å². The summed E-state index contributed by atoms with van der Waals surface area (Å²) in [5.41, 5.74) is 11.2. The predicted octanol–water partition coefficient (Wildman–Crippen LogP) is 2.75. The fourth-order valence-corrected chi connectivity index (χ4v) is 4.83. The van der Waals surface area contributed by atoms with Crippen LogP contribution >= 0.6 is 11.3 Å². The Morgan fingerprint density at radius 1 is 1.12 bits per heavy atom. The molecule has 0 fully saturated rings. The van der Waals surface area contributed by atoms with Gasteiger partial charge in [-0.25, -0.2) is 0 Å². The standard InChI is InChI=1S/C25H31N5O3S/c1-16(2)33-22-6-5-20(14-21(22)26)25-29-28-24(34-25)19-4-3-17-7-10-30(11-8-18(17)13-19)23(32)15-27-9-12-31/h3-6,13-14,16,27,31H,7-12,15,26H2,1-2H3. The number of nitrogen functional groups attached to an aromatic ring is 1. The zero-order valence-corrected chi connectivity index (χ0v) is 20.4. The minimum atomic E-state index is 0.0278. The maximum Gasteiger partial charge on any atom is 0.236 e. The first-order valence-electron chi connectivity index (χ1n) is 11.6. The van der Waals surface area contributed by atoms with Gasteiger partial charge in [0, 0.05) is 30.8 Å². The molecule has 0 bridgehead atoms. The van der Waals surface area contributed by atoms with Crippen LogP contribution in [-0.4, -0.2) is 65.0 Å². The number of rotatable bonds is 8. The number of aliphatic hydroxyl groups excluding tert-OH is 1. The van der Waals surface area contributed by atoms with Crippen molar-refractivity contribution in [2.75, 3.05) is 38.5 Å². The highest BCUT2D eigenvalue weighted by Crippen LogP contribution is 2.34. The Morgan fingerprint density at radius 2 is 1.79 bits per heavy atom. The van der Waals surface area contributed by atoms with E-state index in [-0.39, 0.29) is 25.2 Å². The van der Waals surface area contributed by atoms with Crippen LogP contribution in [0.5, 0.6) is 5.75 Å². The van der Waals surface area contributed by atoms with Crippen molar-refractivity contribution in [3.8, 4) is 26.9 Å². The van der Waals surface area contributed by atoms with Gasteiger partial charge in [-0.05, 0) is 62.1 Å². The van der Waals surface area contributed by atoms with Crippen molar-refractivity contribution in [2.45, 2.75) is 32.8 Å². The first kappa shape index (κ1) is 24.1. The molecule has 0 atom stereocenters. The van der Waals surface area contributed by atoms with Gasteiger partial charge >= 0.3 is 0 Å². The van der Waals surface area contributed by atoms with Gasteiger partial charge in [0.25, 0.3) is 0 Å². The van der Waals surface area contributed by atoms with Crippen molar-refractivity contribution in [3.05, 3.63) is 47.5 Å². The molecule has 180 valence electrons. The Bertz CT molecular complexity index is 1150. The summed E-state index contributed by atoms with van der Waals surface area (Å²) in [4.78, 5) is 14.3. The van der Waals surface area contributed by atoms with E-state index in [1.807, 2.05) is 36.9 Å². The maximum absolute atomic E-state index is 12.4. The number of carbonyl (C=O) groups excluding carboxylic acids is 1. The molecule has 1 aliphatic rings. The number of nitrogens with two attached hydrogens (primary N) is 1. The van der Waals surface area contributed by atoms with E-state index in [4.69, 9.17) is 15.6 Å². The van der Waals surface area contributed by atoms with Crippen LogP contribution in [0.3, 0.4) is 0 Å². The lowest BCUT2D eigenvalue weighted by molar-refractivity contribution is -0.130. The molecule has 2 heterocycles. The number of nitrogens with zero attached hydrogens (tertiary/aromatic N) is 3. The zero-order chi connectivity index (χ0) is 24.1. The number of carbonyl (C=O) groups is 1. The second-order valence-electron chi connectivity index (χ2n) is 8.60. The lowest BCUT2D eigenvalue weighted by Gasteiger charge is -2.20. The van der Waals surface area contributed by atoms with Crippen molar-refractivity contribution in [1.29, 1.82) is 0 Å². The molecule has 0 aliphatic carbocycles. The van der Waals surface area contributed by atoms with Gasteiger partial charge in [-0.3, -0.25) is 4.79 Å². The molecule has 0 saturated carbocycles. The van der Waals surface area contributed by atoms with E-state index in [0.29, 0.717) is 31.1 Å². The van der Waals surface area contributed by atoms with Crippen LogP contribution in [0.15, 0.2) is 36.4 Å². The summed E-state index contributed by atoms with van der Waals surface area (Å²) in [5, 5.41) is 22.3. The summed E-state index contributed by atoms with van der Waals surface area (Å²) in [6.07, 6.45) is 1.68. The first-order valence-corrected chi connectivity index (χ1v) is 12.4. The molecule has 2 aromatic carbocycles. The van der Waals surface area contributed by atoms with Gasteiger partial charge < -0.3 is 25.8 Å². The molecule has 34 heavy (non-hydrogen) atoms. The molecule has 3 aromatic rings. The van der Waals surface area contributed by atoms with Gasteiger partial charge in [-0.1, -0.05) is 23.5 Å². The number of nitrogens with one attached hydrogen (secondary N) is 1. The fourth-order valence-electron chi connectivity index (χ4n) is 3.99. The van der Waals surface area contributed by atoms with Crippen molar-refractivity contribution in [3.63, 3.8) is 0 Å². The van der Waals surface area contributed by atoms with Gasteiger partial charge in [0.05, 0.1) is 24.9 Å². The lowest BCUT2D eigenvalue weighted by atomic mass is 10.0. The Morgan fingerprint density at radius 3 is 2.47 bits per heavy atom. The second kappa shape index (κ2) is 10.9. The number of aliphatic hydroxyl groups is 1. The molecule has 1 aliphatic heterocycles. The Hall–Kier alpha value is -3.01. The summed E-state index contributed by atoms with van der Waals surface area (Å²) in [7, 11) is 0. The number of amides is 1. The van der Waals surface area contributed by atoms with Crippen molar-refractivity contribution in [1.82, 2.24) is 20.4 Å². The van der Waals surface area contributed by atoms with Crippen LogP contribution in [0.4, 0.5) is 5.69 Å². The quantitative estimate of drug-likeness (QED) is 0.335. The Labute approximate surface area is 203 Å². The molecule has 8 nitrogen and oxygen atoms in total. The van der Waals surface area contributed by atoms with Crippen LogP contribution in [0.1, 0.15) is 25.0 Å². The van der Waals surface area contributed by atoms with Crippen molar-refractivity contribution in [2.24, 2.45) is 0 Å². The predicted molar refractivity (Wildman–Crippen MR) is 135 cm³/mol. The van der Waals surface area contributed by atoms with Crippen LogP contribution in [0, 0.1) is 0 Å². The third kappa shape index (κ3) is 5.72. The van der Waals surface area contributed by atoms with E-state index in [1.165, 1.54) is 22.5 Å². The number of hydrogen-bond donors (Lipinski definition) is 3. The largest absolute Gasteiger partial charge is 0.489 e. The number of ether oxygens (including phenoxy) is 1. The minimum absolute atomic E-state index is 0.0278. The summed E-state index contributed by atoms with van der Waals surface area (Å²) in [5.74, 6) is 0.741. The van der Waals surface area contributed by atoms with E-state index in [0.717, 1.165) is 34.0 Å². The van der Waals surface area contributed by atoms with E-state index in [2.05, 4.69) is 33.7 Å². The van der Waals surface area contributed by atoms with Crippen LogP contribution in [-0.2, 0) is 17.6 Å². The minimum Gasteiger partial charge on any atom is -0.489 e. The first-order chi connectivity index (χ1) is 16.4. The van der Waals surface area contributed by atoms with Gasteiger partial charge in [0.2, 0.25) is 5.91 Å². The molecule has 1 aromatic heterocycles. The molecule has 0 radical (unpaired) electrons. The lowest BCUT2D eigenvalue weighted by Crippen LogP contribution is -2.40. The molecule has 4 N–H and O–H groups in total. The summed E-state index contributed by atoms with van der Waals surface area (Å²) in [6, 6.07) is 12.1. The third-order valence-electron chi connectivity index (χ3n) is 5.72. The van der Waals surface area contributed by atoms with Crippen LogP contribution in [0.25, 0.3) is 21.1 Å². The topological polar surface area (TPSA) is 114 Å². The monoisotopic (exact) mass is 481 g/mol. The molecule has 9 heteroatoms. The highest BCUT2D eigenvalue weighted by Gasteiger charge is 2.19. The Balaban J connectivity index is 1.47. The number of anilines is 1. The molecular weight excluding hydrogens is 450 g/mol. The third-order valence-corrected chi connectivity index (χ3v) is 6.74. The van der Waals surface area contributed by atoms with Gasteiger partial charge in [0.15, 0.2) is 0 Å². The highest BCUT2D eigenvalue weighted by atomic mass is 32.1. The SMILES string of the molecule is CC(C)Oc1ccc(-c2nnc(-c3ccc4c(c3)CCN(C(=O)CNCCO)CC4)s2)cc1N. The van der Waals surface area contributed by atoms with E-state index in [9.17, 15) is 4.79 Å². The van der Waals surface area contributed by atoms with Crippen molar-refractivity contribution < 1.29 is 14.6 Å². The molecule has 0 saturated heterocycles. The number of fused-ring (bicyclic) bond motifs is 1. The normalized spacial score (nSPS) is 13.6. The second-order valence-corrected chi connectivity index (χ2v) is 9.57. The fraction of sp³-hybridized carbons (Fsp3) is 0.400. The summed E-state index contributed by atoms with van der Waals surface area (Å²) < 4.78 is 5.72. The Kier molecular flexibility index (Phi) is 7.77.